The number of carbonyl (C=O) groups is 1. The lowest BCUT2D eigenvalue weighted by molar-refractivity contribution is -0.902. The fourth-order valence-corrected chi connectivity index (χ4v) is 3.68. The Morgan fingerprint density at radius 2 is 2.08 bits per heavy atom. The summed E-state index contributed by atoms with van der Waals surface area (Å²) in [5.74, 6) is -0.463. The number of hydrogen-bond donors (Lipinski definition) is 2. The van der Waals surface area contributed by atoms with Gasteiger partial charge in [-0.05, 0) is 43.7 Å². The van der Waals surface area contributed by atoms with Crippen molar-refractivity contribution >= 4 is 33.1 Å². The Labute approximate surface area is 150 Å². The maximum Gasteiger partial charge on any atom is 0.279 e. The van der Waals surface area contributed by atoms with Crippen LogP contribution < -0.4 is 10.2 Å². The van der Waals surface area contributed by atoms with Crippen molar-refractivity contribution in [2.75, 3.05) is 18.9 Å². The second kappa shape index (κ2) is 7.29. The SMILES string of the molecule is Cc1ccc(NC(=O)C[NH+](C)[C@H](C)c2nc3ccccc3s2)cc1F. The minimum Gasteiger partial charge on any atom is -0.322 e. The molecule has 3 aromatic rings. The van der Waals surface area contributed by atoms with Gasteiger partial charge < -0.3 is 10.2 Å². The molecule has 130 valence electrons. The molecule has 4 nitrogen and oxygen atoms in total. The highest BCUT2D eigenvalue weighted by molar-refractivity contribution is 7.18. The fraction of sp³-hybridized carbons (Fsp3) is 0.263. The van der Waals surface area contributed by atoms with Gasteiger partial charge in [-0.25, -0.2) is 9.37 Å². The van der Waals surface area contributed by atoms with E-state index in [0.717, 1.165) is 20.1 Å². The minimum absolute atomic E-state index is 0.0953. The van der Waals surface area contributed by atoms with Crippen molar-refractivity contribution in [2.24, 2.45) is 0 Å². The van der Waals surface area contributed by atoms with Gasteiger partial charge in [0.05, 0.1) is 17.3 Å². The predicted octanol–water partition coefficient (Wildman–Crippen LogP) is 2.96. The van der Waals surface area contributed by atoms with Crippen LogP contribution in [0.4, 0.5) is 10.1 Å². The van der Waals surface area contributed by atoms with Crippen molar-refractivity contribution in [2.45, 2.75) is 19.9 Å². The zero-order valence-corrected chi connectivity index (χ0v) is 15.3. The van der Waals surface area contributed by atoms with Crippen molar-refractivity contribution in [3.05, 3.63) is 58.9 Å². The average molecular weight is 358 g/mol. The smallest absolute Gasteiger partial charge is 0.279 e. The molecule has 0 radical (unpaired) electrons. The molecular formula is C19H21FN3OS+. The number of benzene rings is 2. The summed E-state index contributed by atoms with van der Waals surface area (Å²) in [7, 11) is 1.96. The van der Waals surface area contributed by atoms with E-state index in [1.807, 2.05) is 25.2 Å². The van der Waals surface area contributed by atoms with Crippen molar-refractivity contribution in [3.8, 4) is 0 Å². The topological polar surface area (TPSA) is 46.4 Å². The van der Waals surface area contributed by atoms with Crippen LogP contribution in [0.25, 0.3) is 10.2 Å². The molecule has 1 aromatic heterocycles. The third-order valence-electron chi connectivity index (χ3n) is 4.32. The van der Waals surface area contributed by atoms with Gasteiger partial charge in [-0.2, -0.15) is 0 Å². The number of rotatable bonds is 5. The molecule has 2 atom stereocenters. The summed E-state index contributed by atoms with van der Waals surface area (Å²) >= 11 is 1.66. The number of nitrogens with one attached hydrogen (secondary N) is 2. The first-order valence-electron chi connectivity index (χ1n) is 8.18. The monoisotopic (exact) mass is 358 g/mol. The van der Waals surface area contributed by atoms with E-state index in [1.54, 1.807) is 30.4 Å². The van der Waals surface area contributed by atoms with Crippen LogP contribution in [0.5, 0.6) is 0 Å². The fourth-order valence-electron chi connectivity index (χ4n) is 2.57. The number of hydrogen-bond acceptors (Lipinski definition) is 3. The molecule has 0 aliphatic heterocycles. The van der Waals surface area contributed by atoms with Crippen LogP contribution in [0.3, 0.4) is 0 Å². The van der Waals surface area contributed by atoms with E-state index in [-0.39, 0.29) is 24.3 Å². The maximum absolute atomic E-state index is 13.6. The molecular weight excluding hydrogens is 337 g/mol. The van der Waals surface area contributed by atoms with Crippen molar-refractivity contribution < 1.29 is 14.1 Å². The van der Waals surface area contributed by atoms with Gasteiger partial charge in [0.25, 0.3) is 5.91 Å². The molecule has 0 saturated heterocycles. The molecule has 1 heterocycles. The van der Waals surface area contributed by atoms with Gasteiger partial charge in [-0.1, -0.05) is 18.2 Å². The van der Waals surface area contributed by atoms with Gasteiger partial charge in [-0.3, -0.25) is 4.79 Å². The first-order chi connectivity index (χ1) is 11.9. The van der Waals surface area contributed by atoms with Crippen LogP contribution in [0.2, 0.25) is 0 Å². The highest BCUT2D eigenvalue weighted by Gasteiger charge is 2.22. The van der Waals surface area contributed by atoms with Gasteiger partial charge in [-0.15, -0.1) is 11.3 Å². The minimum atomic E-state index is -0.318. The molecule has 6 heteroatoms. The lowest BCUT2D eigenvalue weighted by atomic mass is 10.2. The average Bonchev–Trinajstić information content (AvgIpc) is 3.01. The van der Waals surface area contributed by atoms with E-state index in [4.69, 9.17) is 0 Å². The van der Waals surface area contributed by atoms with E-state index in [0.29, 0.717) is 11.3 Å². The molecule has 0 fully saturated rings. The quantitative estimate of drug-likeness (QED) is 0.737. The molecule has 0 aliphatic rings. The van der Waals surface area contributed by atoms with E-state index in [2.05, 4.69) is 23.3 Å². The molecule has 0 aliphatic carbocycles. The Kier molecular flexibility index (Phi) is 5.11. The van der Waals surface area contributed by atoms with Gasteiger partial charge in [0.15, 0.2) is 11.6 Å². The Morgan fingerprint density at radius 3 is 2.80 bits per heavy atom. The third kappa shape index (κ3) is 4.03. The highest BCUT2D eigenvalue weighted by atomic mass is 32.1. The summed E-state index contributed by atoms with van der Waals surface area (Å²) in [4.78, 5) is 17.9. The van der Waals surface area contributed by atoms with Crippen LogP contribution in [-0.4, -0.2) is 24.5 Å². The van der Waals surface area contributed by atoms with E-state index < -0.39 is 0 Å². The van der Waals surface area contributed by atoms with Crippen molar-refractivity contribution in [3.63, 3.8) is 0 Å². The van der Waals surface area contributed by atoms with Gasteiger partial charge >= 0.3 is 0 Å². The summed E-state index contributed by atoms with van der Waals surface area (Å²) < 4.78 is 14.7. The summed E-state index contributed by atoms with van der Waals surface area (Å²) in [6.45, 7) is 4.04. The van der Waals surface area contributed by atoms with Gasteiger partial charge in [0, 0.05) is 5.69 Å². The standard InChI is InChI=1S/C19H20FN3OS/c1-12-8-9-14(10-15(12)20)21-18(24)11-23(3)13(2)19-22-16-6-4-5-7-17(16)25-19/h4-10,13H,11H2,1-3H3,(H,21,24)/p+1/t13-/m1/s1. The molecule has 0 bridgehead atoms. The van der Waals surface area contributed by atoms with Crippen LogP contribution in [0.15, 0.2) is 42.5 Å². The molecule has 0 saturated carbocycles. The van der Waals surface area contributed by atoms with Crippen LogP contribution in [0.1, 0.15) is 23.5 Å². The first-order valence-corrected chi connectivity index (χ1v) is 8.99. The molecule has 25 heavy (non-hydrogen) atoms. The Bertz CT molecular complexity index is 876. The van der Waals surface area contributed by atoms with Crippen molar-refractivity contribution in [1.82, 2.24) is 4.98 Å². The van der Waals surface area contributed by atoms with Crippen molar-refractivity contribution in [1.29, 1.82) is 0 Å². The molecule has 3 rings (SSSR count). The first kappa shape index (κ1) is 17.5. The molecule has 1 amide bonds. The lowest BCUT2D eigenvalue weighted by Gasteiger charge is -2.19. The summed E-state index contributed by atoms with van der Waals surface area (Å²) in [6.07, 6.45) is 0. The number of aryl methyl sites for hydroxylation is 1. The van der Waals surface area contributed by atoms with Crippen LogP contribution in [-0.2, 0) is 4.79 Å². The molecule has 0 spiro atoms. The van der Waals surface area contributed by atoms with E-state index in [9.17, 15) is 9.18 Å². The van der Waals surface area contributed by atoms with E-state index in [1.165, 1.54) is 6.07 Å². The normalized spacial score (nSPS) is 13.6. The molecule has 1 unspecified atom stereocenters. The number of carbonyl (C=O) groups excluding carboxylic acids is 1. The third-order valence-corrected chi connectivity index (χ3v) is 5.53. The Balaban J connectivity index is 1.64. The molecule has 2 N–H and O–H groups in total. The van der Waals surface area contributed by atoms with Gasteiger partial charge in [0.1, 0.15) is 11.9 Å². The summed E-state index contributed by atoms with van der Waals surface area (Å²) in [5.41, 5.74) is 2.03. The highest BCUT2D eigenvalue weighted by Crippen LogP contribution is 2.24. The Morgan fingerprint density at radius 1 is 1.32 bits per heavy atom. The number of halogens is 1. The Hall–Kier alpha value is -2.31. The van der Waals surface area contributed by atoms with Gasteiger partial charge in [0.2, 0.25) is 0 Å². The number of amides is 1. The predicted molar refractivity (Wildman–Crippen MR) is 99.6 cm³/mol. The molecule has 2 aromatic carbocycles. The van der Waals surface area contributed by atoms with Crippen LogP contribution >= 0.6 is 11.3 Å². The number of aromatic nitrogens is 1. The largest absolute Gasteiger partial charge is 0.322 e. The second-order valence-electron chi connectivity index (χ2n) is 6.28. The zero-order chi connectivity index (χ0) is 18.0. The number of nitrogens with zero attached hydrogens (tertiary/aromatic N) is 1. The summed E-state index contributed by atoms with van der Waals surface area (Å²) in [5, 5.41) is 3.76. The second-order valence-corrected chi connectivity index (χ2v) is 7.34. The number of thiazole rings is 1. The number of likely N-dealkylation sites (N-methyl/N-ethyl adjacent to an activating group) is 1. The number of fused-ring (bicyclic) bond motifs is 1. The van der Waals surface area contributed by atoms with E-state index >= 15 is 0 Å². The lowest BCUT2D eigenvalue weighted by Crippen LogP contribution is -3.10. The zero-order valence-electron chi connectivity index (χ0n) is 14.5. The number of quaternary nitrogens is 1. The number of anilines is 1. The number of para-hydroxylation sites is 1. The summed E-state index contributed by atoms with van der Waals surface area (Å²) in [6, 6.07) is 12.8. The maximum atomic E-state index is 13.6. The van der Waals surface area contributed by atoms with Crippen LogP contribution in [0, 0.1) is 12.7 Å².